The summed E-state index contributed by atoms with van der Waals surface area (Å²) in [5, 5.41) is 3.28. The molecule has 1 N–H and O–H groups in total. The third kappa shape index (κ3) is 4.33. The summed E-state index contributed by atoms with van der Waals surface area (Å²) >= 11 is 0. The lowest BCUT2D eigenvalue weighted by Crippen LogP contribution is -2.43. The third-order valence-electron chi connectivity index (χ3n) is 4.17. The summed E-state index contributed by atoms with van der Waals surface area (Å²) in [6, 6.07) is -0.0179. The predicted molar refractivity (Wildman–Crippen MR) is 72.5 cm³/mol. The Labute approximate surface area is 122 Å². The summed E-state index contributed by atoms with van der Waals surface area (Å²) in [4.78, 5) is 11.3. The van der Waals surface area contributed by atoms with Crippen LogP contribution >= 0.6 is 0 Å². The minimum atomic E-state index is -4.30. The van der Waals surface area contributed by atoms with E-state index < -0.39 is 11.7 Å². The van der Waals surface area contributed by atoms with Gasteiger partial charge >= 0.3 is 12.1 Å². The van der Waals surface area contributed by atoms with Gasteiger partial charge in [-0.2, -0.15) is 13.2 Å². The number of nitrogens with one attached hydrogen (secondary N) is 1. The summed E-state index contributed by atoms with van der Waals surface area (Å²) in [5.74, 6) is -0.250. The van der Waals surface area contributed by atoms with Gasteiger partial charge in [0, 0.05) is 12.5 Å². The highest BCUT2D eigenvalue weighted by Gasteiger charge is 2.36. The second-order valence-corrected chi connectivity index (χ2v) is 5.65. The first-order valence-electron chi connectivity index (χ1n) is 7.16. The van der Waals surface area contributed by atoms with Crippen molar-refractivity contribution in [3.8, 4) is 0 Å². The molecule has 0 bridgehead atoms. The number of piperidine rings is 1. The normalized spacial score (nSPS) is 29.9. The largest absolute Gasteiger partial charge is 0.469 e. The predicted octanol–water partition coefficient (Wildman–Crippen LogP) is 2.98. The van der Waals surface area contributed by atoms with Gasteiger partial charge in [-0.3, -0.25) is 4.79 Å². The lowest BCUT2D eigenvalue weighted by molar-refractivity contribution is -0.142. The minimum Gasteiger partial charge on any atom is -0.469 e. The van der Waals surface area contributed by atoms with E-state index >= 15 is 0 Å². The van der Waals surface area contributed by atoms with E-state index in [-0.39, 0.29) is 23.8 Å². The SMILES string of the molecule is COC(=O)C[C@H]1CCN[C@@H](C2C=C(C(F)(F)F)C=CC2)C1. The molecule has 0 aromatic heterocycles. The molecule has 0 aromatic carbocycles. The van der Waals surface area contributed by atoms with Gasteiger partial charge < -0.3 is 10.1 Å². The fourth-order valence-electron chi connectivity index (χ4n) is 3.04. The molecule has 1 aliphatic heterocycles. The molecule has 3 atom stereocenters. The lowest BCUT2D eigenvalue weighted by atomic mass is 9.80. The van der Waals surface area contributed by atoms with Gasteiger partial charge in [0.1, 0.15) is 0 Å². The van der Waals surface area contributed by atoms with Crippen LogP contribution in [0.15, 0.2) is 23.8 Å². The Kier molecular flexibility index (Phi) is 5.08. The van der Waals surface area contributed by atoms with E-state index in [0.29, 0.717) is 19.3 Å². The number of hydrogen-bond donors (Lipinski definition) is 1. The first-order valence-corrected chi connectivity index (χ1v) is 7.16. The molecule has 1 heterocycles. The molecule has 0 saturated carbocycles. The highest BCUT2D eigenvalue weighted by Crippen LogP contribution is 2.34. The molecule has 2 aliphatic rings. The monoisotopic (exact) mass is 303 g/mol. The van der Waals surface area contributed by atoms with Crippen molar-refractivity contribution in [2.75, 3.05) is 13.7 Å². The fourth-order valence-corrected chi connectivity index (χ4v) is 3.04. The molecule has 1 saturated heterocycles. The number of halogens is 3. The van der Waals surface area contributed by atoms with Crippen molar-refractivity contribution < 1.29 is 22.7 Å². The first-order chi connectivity index (χ1) is 9.90. The van der Waals surface area contributed by atoms with Crippen molar-refractivity contribution in [2.45, 2.75) is 37.9 Å². The molecule has 0 amide bonds. The number of methoxy groups -OCH3 is 1. The third-order valence-corrected chi connectivity index (χ3v) is 4.17. The number of esters is 1. The fraction of sp³-hybridized carbons (Fsp3) is 0.667. The molecule has 0 radical (unpaired) electrons. The highest BCUT2D eigenvalue weighted by atomic mass is 19.4. The van der Waals surface area contributed by atoms with Crippen molar-refractivity contribution >= 4 is 5.97 Å². The van der Waals surface area contributed by atoms with Gasteiger partial charge in [0.05, 0.1) is 12.7 Å². The molecule has 1 aliphatic carbocycles. The molecule has 3 nitrogen and oxygen atoms in total. The first kappa shape index (κ1) is 16.1. The summed E-state index contributed by atoms with van der Waals surface area (Å²) in [7, 11) is 1.35. The van der Waals surface area contributed by atoms with Crippen LogP contribution in [0.3, 0.4) is 0 Å². The number of alkyl halides is 3. The van der Waals surface area contributed by atoms with E-state index in [4.69, 9.17) is 0 Å². The zero-order valence-corrected chi connectivity index (χ0v) is 12.0. The topological polar surface area (TPSA) is 38.3 Å². The summed E-state index contributed by atoms with van der Waals surface area (Å²) in [6.45, 7) is 0.724. The summed E-state index contributed by atoms with van der Waals surface area (Å²) in [5.41, 5.74) is -0.573. The van der Waals surface area contributed by atoms with Crippen molar-refractivity contribution in [1.29, 1.82) is 0 Å². The Morgan fingerprint density at radius 3 is 2.90 bits per heavy atom. The minimum absolute atomic E-state index is 0.0179. The summed E-state index contributed by atoms with van der Waals surface area (Å²) in [6.07, 6.45) is 2.24. The molecule has 6 heteroatoms. The van der Waals surface area contributed by atoms with Gasteiger partial charge in [-0.1, -0.05) is 18.2 Å². The van der Waals surface area contributed by atoms with E-state index in [1.165, 1.54) is 13.2 Å². The van der Waals surface area contributed by atoms with Gasteiger partial charge in [0.2, 0.25) is 0 Å². The van der Waals surface area contributed by atoms with Crippen LogP contribution in [0.4, 0.5) is 13.2 Å². The smallest absolute Gasteiger partial charge is 0.416 e. The van der Waals surface area contributed by atoms with Crippen LogP contribution in [0.25, 0.3) is 0 Å². The second-order valence-electron chi connectivity index (χ2n) is 5.65. The van der Waals surface area contributed by atoms with Gasteiger partial charge in [0.15, 0.2) is 0 Å². The Hall–Kier alpha value is -1.30. The Bertz CT molecular complexity index is 443. The Morgan fingerprint density at radius 1 is 1.48 bits per heavy atom. The van der Waals surface area contributed by atoms with E-state index in [1.54, 1.807) is 6.08 Å². The average molecular weight is 303 g/mol. The van der Waals surface area contributed by atoms with E-state index in [0.717, 1.165) is 19.0 Å². The van der Waals surface area contributed by atoms with Crippen molar-refractivity contribution in [2.24, 2.45) is 11.8 Å². The maximum absolute atomic E-state index is 12.8. The molecular weight excluding hydrogens is 283 g/mol. The average Bonchev–Trinajstić information content (AvgIpc) is 2.46. The second kappa shape index (κ2) is 6.64. The van der Waals surface area contributed by atoms with E-state index in [9.17, 15) is 18.0 Å². The molecular formula is C15H20F3NO2. The van der Waals surface area contributed by atoms with Crippen LogP contribution in [-0.4, -0.2) is 31.8 Å². The quantitative estimate of drug-likeness (QED) is 0.815. The van der Waals surface area contributed by atoms with Gasteiger partial charge in [-0.25, -0.2) is 0 Å². The van der Waals surface area contributed by atoms with Crippen molar-refractivity contribution in [3.05, 3.63) is 23.8 Å². The van der Waals surface area contributed by atoms with Crippen LogP contribution in [0.5, 0.6) is 0 Å². The number of rotatable bonds is 3. The molecule has 21 heavy (non-hydrogen) atoms. The van der Waals surface area contributed by atoms with Crippen LogP contribution in [0.1, 0.15) is 25.7 Å². The molecule has 1 fully saturated rings. The molecule has 0 aromatic rings. The number of carbonyl (C=O) groups excluding carboxylic acids is 1. The van der Waals surface area contributed by atoms with Gasteiger partial charge in [0.25, 0.3) is 0 Å². The van der Waals surface area contributed by atoms with E-state index in [2.05, 4.69) is 10.1 Å². The van der Waals surface area contributed by atoms with Crippen LogP contribution in [0.2, 0.25) is 0 Å². The van der Waals surface area contributed by atoms with E-state index in [1.807, 2.05) is 0 Å². The standard InChI is InChI=1S/C15H20F3NO2/c1-21-14(20)8-10-5-6-19-13(7-10)11-3-2-4-12(9-11)15(16,17)18/h2,4,9-11,13,19H,3,5-8H2,1H3/t10-,11?,13+/m0/s1. The summed E-state index contributed by atoms with van der Waals surface area (Å²) < 4.78 is 43.0. The van der Waals surface area contributed by atoms with Crippen LogP contribution in [0, 0.1) is 11.8 Å². The number of allylic oxidation sites excluding steroid dienone is 3. The van der Waals surface area contributed by atoms with Crippen LogP contribution in [-0.2, 0) is 9.53 Å². The molecule has 118 valence electrons. The molecule has 2 rings (SSSR count). The molecule has 0 spiro atoms. The highest BCUT2D eigenvalue weighted by molar-refractivity contribution is 5.69. The lowest BCUT2D eigenvalue weighted by Gasteiger charge is -2.35. The molecule has 1 unspecified atom stereocenters. The van der Waals surface area contributed by atoms with Gasteiger partial charge in [-0.05, 0) is 37.6 Å². The van der Waals surface area contributed by atoms with Gasteiger partial charge in [-0.15, -0.1) is 0 Å². The number of carbonyl (C=O) groups is 1. The maximum atomic E-state index is 12.8. The van der Waals surface area contributed by atoms with Crippen LogP contribution < -0.4 is 5.32 Å². The zero-order chi connectivity index (χ0) is 15.5. The Morgan fingerprint density at radius 2 is 2.24 bits per heavy atom. The Balaban J connectivity index is 2.00. The maximum Gasteiger partial charge on any atom is 0.416 e. The number of ether oxygens (including phenoxy) is 1. The zero-order valence-electron chi connectivity index (χ0n) is 12.0. The number of hydrogen-bond acceptors (Lipinski definition) is 3. The van der Waals surface area contributed by atoms with Crippen molar-refractivity contribution in [3.63, 3.8) is 0 Å². The van der Waals surface area contributed by atoms with Crippen molar-refractivity contribution in [1.82, 2.24) is 5.32 Å².